The van der Waals surface area contributed by atoms with Gasteiger partial charge in [0.25, 0.3) is 8.53 Å². The van der Waals surface area contributed by atoms with Gasteiger partial charge in [0.05, 0.1) is 39.9 Å². The molecular formula is C22H40N2O7P2. The molecule has 0 aliphatic carbocycles. The normalized spacial score (nSPS) is 41.8. The molecule has 3 aliphatic rings. The van der Waals surface area contributed by atoms with Crippen molar-refractivity contribution in [2.75, 3.05) is 39.1 Å². The summed E-state index contributed by atoms with van der Waals surface area (Å²) in [4.78, 5) is 3.38. The highest BCUT2D eigenvalue weighted by Crippen LogP contribution is 2.57. The summed E-state index contributed by atoms with van der Waals surface area (Å²) in [6, 6.07) is 0.292. The van der Waals surface area contributed by atoms with Crippen molar-refractivity contribution in [2.24, 2.45) is 5.92 Å². The Morgan fingerprint density at radius 2 is 1.97 bits per heavy atom. The third-order valence-corrected chi connectivity index (χ3v) is 10.1. The number of rotatable bonds is 11. The van der Waals surface area contributed by atoms with Gasteiger partial charge in [-0.05, 0) is 47.4 Å². The van der Waals surface area contributed by atoms with Crippen molar-refractivity contribution in [1.29, 1.82) is 0 Å². The molecule has 3 fully saturated rings. The monoisotopic (exact) mass is 511 g/mol. The molecule has 11 heteroatoms. The summed E-state index contributed by atoms with van der Waals surface area (Å²) in [6.45, 7) is 14.4. The summed E-state index contributed by atoms with van der Waals surface area (Å²) >= 11 is 0. The van der Waals surface area contributed by atoms with Crippen LogP contribution in [0.1, 0.15) is 58.0 Å². The standard InChI is InChI=1S/C22H40N2O7P2/c1-16(2)24(17(3)4)32(28-14-10-23-6)30-21-9-12-27-22(21)19-7-13-29-33(25,15-19)31-20-8-11-26-18(20)5/h16-22H,7-15H2,1-5H3/t18-,19+,20+,21+,22-,32?,33+/m1/s1/i5D,11T,12T/t11-,12-,18+,19-,20-,21-,22+,32?,33-/m0. The van der Waals surface area contributed by atoms with E-state index in [0.717, 1.165) is 0 Å². The van der Waals surface area contributed by atoms with Crippen LogP contribution in [0, 0.1) is 12.5 Å². The van der Waals surface area contributed by atoms with Crippen LogP contribution in [0.2, 0.25) is 0 Å². The molecule has 33 heavy (non-hydrogen) atoms. The Bertz CT molecular complexity index is 785. The first kappa shape index (κ1) is 23.3. The first-order valence-electron chi connectivity index (χ1n) is 13.5. The van der Waals surface area contributed by atoms with E-state index in [9.17, 15) is 4.57 Å². The fourth-order valence-corrected chi connectivity index (χ4v) is 8.32. The van der Waals surface area contributed by atoms with Crippen molar-refractivity contribution in [2.45, 2.75) is 90.4 Å². The quantitative estimate of drug-likeness (QED) is 0.221. The molecule has 1 unspecified atom stereocenters. The highest BCUT2D eigenvalue weighted by molar-refractivity contribution is 7.53. The van der Waals surface area contributed by atoms with Gasteiger partial charge in [-0.1, -0.05) is 0 Å². The van der Waals surface area contributed by atoms with Crippen LogP contribution in [-0.2, 0) is 32.1 Å². The molecule has 0 N–H and O–H groups in total. The summed E-state index contributed by atoms with van der Waals surface area (Å²) in [5, 5.41) is 0. The zero-order valence-electron chi connectivity index (χ0n) is 23.0. The molecule has 0 aromatic rings. The molecule has 190 valence electrons. The molecular weight excluding hydrogens is 466 g/mol. The Morgan fingerprint density at radius 3 is 2.67 bits per heavy atom. The topological polar surface area (TPSA) is 80.1 Å². The van der Waals surface area contributed by atoms with E-state index in [2.05, 4.69) is 37.2 Å². The summed E-state index contributed by atoms with van der Waals surface area (Å²) in [7, 11) is -5.02. The van der Waals surface area contributed by atoms with Gasteiger partial charge in [0.15, 0.2) is 0 Å². The fraction of sp³-hybridized carbons (Fsp3) is 0.955. The van der Waals surface area contributed by atoms with E-state index in [1.165, 1.54) is 0 Å². The molecule has 9 nitrogen and oxygen atoms in total. The molecule has 0 bridgehead atoms. The minimum atomic E-state index is -3.51. The third-order valence-electron chi connectivity index (χ3n) is 5.84. The van der Waals surface area contributed by atoms with Crippen LogP contribution in [-0.4, -0.2) is 80.3 Å². The van der Waals surface area contributed by atoms with E-state index >= 15 is 0 Å². The Hall–Kier alpha value is -0.130. The van der Waals surface area contributed by atoms with Gasteiger partial charge in [0.1, 0.15) is 6.61 Å². The summed E-state index contributed by atoms with van der Waals surface area (Å²) in [5.74, 6) is -0.208. The van der Waals surface area contributed by atoms with Gasteiger partial charge < -0.3 is 32.4 Å². The van der Waals surface area contributed by atoms with E-state index in [4.69, 9.17) is 38.3 Å². The maximum Gasteiger partial charge on any atom is 0.331 e. The second-order valence-corrected chi connectivity index (χ2v) is 12.5. The number of nitrogens with zero attached hydrogens (tertiary/aromatic N) is 2. The Labute approximate surface area is 204 Å². The average molecular weight is 512 g/mol. The number of ether oxygens (including phenoxy) is 2. The second-order valence-electron chi connectivity index (χ2n) is 9.06. The second kappa shape index (κ2) is 12.7. The van der Waals surface area contributed by atoms with Crippen molar-refractivity contribution in [3.63, 3.8) is 0 Å². The van der Waals surface area contributed by atoms with Gasteiger partial charge in [0.2, 0.25) is 6.54 Å². The predicted molar refractivity (Wildman–Crippen MR) is 127 cm³/mol. The minimum absolute atomic E-state index is 0.0785. The molecule has 3 heterocycles. The SMILES string of the molecule is [2H]C[C@H]1O[C@@H]([3H])C[C@@H]1O[P@]1(=O)C[C@@H]([C@H]2O[C@@H]([3H])C[C@@H]2OP(OCC[N+]#[C-])N(C(C)C)C(C)C)CCO1. The number of hydrogen-bond donors (Lipinski definition) is 0. The van der Waals surface area contributed by atoms with E-state index < -0.39 is 53.7 Å². The first-order chi connectivity index (χ1) is 17.1. The molecule has 0 saturated carbocycles. The highest BCUT2D eigenvalue weighted by Gasteiger charge is 2.46. The lowest BCUT2D eigenvalue weighted by Crippen LogP contribution is -2.39. The molecule has 9 atom stereocenters. The number of hydrogen-bond acceptors (Lipinski definition) is 8. The van der Waals surface area contributed by atoms with Gasteiger partial charge >= 0.3 is 7.60 Å². The van der Waals surface area contributed by atoms with Crippen LogP contribution in [0.15, 0.2) is 0 Å². The van der Waals surface area contributed by atoms with E-state index in [-0.39, 0.29) is 57.2 Å². The molecule has 3 aliphatic heterocycles. The first-order valence-corrected chi connectivity index (χ1v) is 14.5. The van der Waals surface area contributed by atoms with E-state index in [1.807, 2.05) is 0 Å². The molecule has 3 rings (SSSR count). The van der Waals surface area contributed by atoms with E-state index in [0.29, 0.717) is 12.8 Å². The third kappa shape index (κ3) is 7.43. The average Bonchev–Trinajstić information content (AvgIpc) is 3.33. The largest absolute Gasteiger partial charge is 0.376 e. The lowest BCUT2D eigenvalue weighted by molar-refractivity contribution is -0.00650. The van der Waals surface area contributed by atoms with Crippen molar-refractivity contribution >= 4 is 16.1 Å². The summed E-state index contributed by atoms with van der Waals surface area (Å²) < 4.78 is 74.9. The lowest BCUT2D eigenvalue weighted by atomic mass is 9.97. The van der Waals surface area contributed by atoms with Crippen molar-refractivity contribution in [3.8, 4) is 0 Å². The Morgan fingerprint density at radius 1 is 1.24 bits per heavy atom. The van der Waals surface area contributed by atoms with Crippen LogP contribution < -0.4 is 0 Å². The van der Waals surface area contributed by atoms with Crippen LogP contribution >= 0.6 is 16.1 Å². The maximum absolute atomic E-state index is 13.6. The highest BCUT2D eigenvalue weighted by atomic mass is 31.2. The van der Waals surface area contributed by atoms with Crippen molar-refractivity contribution in [3.05, 3.63) is 11.4 Å². The van der Waals surface area contributed by atoms with Crippen LogP contribution in [0.3, 0.4) is 0 Å². The lowest BCUT2D eigenvalue weighted by Gasteiger charge is -2.39. The van der Waals surface area contributed by atoms with Crippen LogP contribution in [0.5, 0.6) is 0 Å². The van der Waals surface area contributed by atoms with Gasteiger partial charge in [-0.2, -0.15) is 0 Å². The maximum atomic E-state index is 13.6. The Kier molecular flexibility index (Phi) is 8.97. The van der Waals surface area contributed by atoms with Crippen LogP contribution in [0.4, 0.5) is 0 Å². The van der Waals surface area contributed by atoms with Crippen LogP contribution in [0.25, 0.3) is 4.85 Å². The van der Waals surface area contributed by atoms with Gasteiger partial charge in [0, 0.05) is 39.0 Å². The molecule has 0 amide bonds. The Balaban J connectivity index is 1.72. The molecule has 0 aromatic heterocycles. The smallest absolute Gasteiger partial charge is 0.331 e. The molecule has 3 saturated heterocycles. The van der Waals surface area contributed by atoms with Gasteiger partial charge in [-0.3, -0.25) is 4.57 Å². The zero-order valence-corrected chi connectivity index (χ0v) is 21.8. The van der Waals surface area contributed by atoms with E-state index in [1.54, 1.807) is 0 Å². The summed E-state index contributed by atoms with van der Waals surface area (Å²) in [5.41, 5.74) is 0. The zero-order chi connectivity index (χ0) is 26.5. The van der Waals surface area contributed by atoms with Gasteiger partial charge in [-0.25, -0.2) is 11.2 Å². The minimum Gasteiger partial charge on any atom is -0.376 e. The molecule has 0 radical (unpaired) electrons. The van der Waals surface area contributed by atoms with Crippen molar-refractivity contribution < 1.29 is 36.2 Å². The molecule has 0 spiro atoms. The van der Waals surface area contributed by atoms with Crippen molar-refractivity contribution in [1.82, 2.24) is 4.67 Å². The summed E-state index contributed by atoms with van der Waals surface area (Å²) in [6.07, 6.45) is -0.825. The molecule has 0 aromatic carbocycles. The van der Waals surface area contributed by atoms with Gasteiger partial charge in [-0.15, -0.1) is 0 Å². The fourth-order valence-electron chi connectivity index (χ4n) is 4.35. The predicted octanol–water partition coefficient (Wildman–Crippen LogP) is 4.87.